The summed E-state index contributed by atoms with van der Waals surface area (Å²) in [6.07, 6.45) is 3.18. The van der Waals surface area contributed by atoms with E-state index in [0.717, 1.165) is 18.7 Å². The van der Waals surface area contributed by atoms with Crippen LogP contribution in [0.4, 0.5) is 5.69 Å². The fourth-order valence-electron chi connectivity index (χ4n) is 2.34. The minimum absolute atomic E-state index is 0.265. The van der Waals surface area contributed by atoms with Crippen molar-refractivity contribution in [2.24, 2.45) is 5.92 Å². The summed E-state index contributed by atoms with van der Waals surface area (Å²) in [6.45, 7) is 6.42. The normalized spacial score (nSPS) is 15.6. The van der Waals surface area contributed by atoms with Gasteiger partial charge in [-0.25, -0.2) is 0 Å². The molecule has 0 spiro atoms. The third-order valence-corrected chi connectivity index (χ3v) is 3.23. The average molecular weight is 231 g/mol. The predicted molar refractivity (Wildman–Crippen MR) is 71.7 cm³/mol. The Balaban J connectivity index is 2.13. The second-order valence-electron chi connectivity index (χ2n) is 5.27. The lowest BCUT2D eigenvalue weighted by Gasteiger charge is -2.18. The summed E-state index contributed by atoms with van der Waals surface area (Å²) in [5, 5.41) is 0. The molecule has 1 aliphatic heterocycles. The number of hydrogen-bond acceptors (Lipinski definition) is 2. The SMILES string of the molecule is CC(C)CC(=O)c1cccc(N2CCCC2)c1. The highest BCUT2D eigenvalue weighted by Crippen LogP contribution is 2.22. The third-order valence-electron chi connectivity index (χ3n) is 3.23. The number of carbonyl (C=O) groups excluding carboxylic acids is 1. The van der Waals surface area contributed by atoms with Crippen molar-refractivity contribution in [3.05, 3.63) is 29.8 Å². The van der Waals surface area contributed by atoms with Gasteiger partial charge in [0.05, 0.1) is 0 Å². The summed E-state index contributed by atoms with van der Waals surface area (Å²) in [7, 11) is 0. The van der Waals surface area contributed by atoms with Crippen molar-refractivity contribution in [2.45, 2.75) is 33.1 Å². The number of benzene rings is 1. The lowest BCUT2D eigenvalue weighted by molar-refractivity contribution is 0.0968. The van der Waals surface area contributed by atoms with Gasteiger partial charge in [0.15, 0.2) is 5.78 Å². The molecule has 1 fully saturated rings. The molecule has 0 aromatic heterocycles. The van der Waals surface area contributed by atoms with Crippen LogP contribution in [0.1, 0.15) is 43.5 Å². The van der Waals surface area contributed by atoms with E-state index < -0.39 is 0 Å². The molecule has 1 heterocycles. The molecular weight excluding hydrogens is 210 g/mol. The standard InChI is InChI=1S/C15H21NO/c1-12(2)10-15(17)13-6-5-7-14(11-13)16-8-3-4-9-16/h5-7,11-12H,3-4,8-10H2,1-2H3. The van der Waals surface area contributed by atoms with Gasteiger partial charge in [-0.2, -0.15) is 0 Å². The van der Waals surface area contributed by atoms with Gasteiger partial charge in [0.25, 0.3) is 0 Å². The van der Waals surface area contributed by atoms with Crippen LogP contribution in [-0.4, -0.2) is 18.9 Å². The van der Waals surface area contributed by atoms with Gasteiger partial charge in [0, 0.05) is 30.8 Å². The molecular formula is C15H21NO. The fourth-order valence-corrected chi connectivity index (χ4v) is 2.34. The first-order chi connectivity index (χ1) is 8.16. The van der Waals surface area contributed by atoms with Gasteiger partial charge in [0.2, 0.25) is 0 Å². The maximum Gasteiger partial charge on any atom is 0.163 e. The Kier molecular flexibility index (Phi) is 3.82. The van der Waals surface area contributed by atoms with Gasteiger partial charge in [0.1, 0.15) is 0 Å². The molecule has 2 nitrogen and oxygen atoms in total. The Morgan fingerprint density at radius 2 is 2.00 bits per heavy atom. The fraction of sp³-hybridized carbons (Fsp3) is 0.533. The van der Waals surface area contributed by atoms with E-state index in [1.165, 1.54) is 18.5 Å². The molecule has 92 valence electrons. The van der Waals surface area contributed by atoms with Crippen LogP contribution in [0, 0.1) is 5.92 Å². The monoisotopic (exact) mass is 231 g/mol. The Morgan fingerprint density at radius 1 is 1.29 bits per heavy atom. The summed E-state index contributed by atoms with van der Waals surface area (Å²) < 4.78 is 0. The van der Waals surface area contributed by atoms with E-state index in [1.54, 1.807) is 0 Å². The molecule has 2 rings (SSSR count). The molecule has 0 amide bonds. The molecule has 1 aromatic carbocycles. The third kappa shape index (κ3) is 3.09. The van der Waals surface area contributed by atoms with E-state index in [-0.39, 0.29) is 5.78 Å². The van der Waals surface area contributed by atoms with Crippen LogP contribution in [0.2, 0.25) is 0 Å². The molecule has 2 heteroatoms. The average Bonchev–Trinajstić information content (AvgIpc) is 2.82. The lowest BCUT2D eigenvalue weighted by Crippen LogP contribution is -2.18. The molecule has 0 radical (unpaired) electrons. The maximum atomic E-state index is 12.0. The van der Waals surface area contributed by atoms with Crippen LogP contribution in [0.3, 0.4) is 0 Å². The Labute approximate surface area is 104 Å². The molecule has 0 bridgehead atoms. The molecule has 1 aliphatic rings. The van der Waals surface area contributed by atoms with Crippen molar-refractivity contribution in [2.75, 3.05) is 18.0 Å². The lowest BCUT2D eigenvalue weighted by atomic mass is 10.0. The van der Waals surface area contributed by atoms with Gasteiger partial charge in [-0.15, -0.1) is 0 Å². The summed E-state index contributed by atoms with van der Waals surface area (Å²) in [5.74, 6) is 0.694. The number of nitrogens with zero attached hydrogens (tertiary/aromatic N) is 1. The van der Waals surface area contributed by atoms with E-state index >= 15 is 0 Å². The van der Waals surface area contributed by atoms with Gasteiger partial charge in [-0.3, -0.25) is 4.79 Å². The van der Waals surface area contributed by atoms with Crippen LogP contribution in [0.25, 0.3) is 0 Å². The summed E-state index contributed by atoms with van der Waals surface area (Å²) in [4.78, 5) is 14.4. The van der Waals surface area contributed by atoms with Crippen molar-refractivity contribution in [3.63, 3.8) is 0 Å². The zero-order valence-corrected chi connectivity index (χ0v) is 10.8. The van der Waals surface area contributed by atoms with E-state index in [1.807, 2.05) is 12.1 Å². The van der Waals surface area contributed by atoms with Gasteiger partial charge in [-0.1, -0.05) is 26.0 Å². The van der Waals surface area contributed by atoms with Crippen molar-refractivity contribution in [1.29, 1.82) is 0 Å². The minimum atomic E-state index is 0.265. The zero-order chi connectivity index (χ0) is 12.3. The molecule has 1 aromatic rings. The molecule has 0 unspecified atom stereocenters. The Bertz CT molecular complexity index is 392. The Hall–Kier alpha value is -1.31. The number of rotatable bonds is 4. The first-order valence-corrected chi connectivity index (χ1v) is 6.55. The molecule has 0 aliphatic carbocycles. The number of Topliss-reactive ketones (excluding diaryl/α,β-unsaturated/α-hetero) is 1. The van der Waals surface area contributed by atoms with E-state index in [4.69, 9.17) is 0 Å². The highest BCUT2D eigenvalue weighted by Gasteiger charge is 2.14. The van der Waals surface area contributed by atoms with Crippen LogP contribution in [-0.2, 0) is 0 Å². The minimum Gasteiger partial charge on any atom is -0.372 e. The number of carbonyl (C=O) groups is 1. The molecule has 0 saturated carbocycles. The summed E-state index contributed by atoms with van der Waals surface area (Å²) in [5.41, 5.74) is 2.07. The quantitative estimate of drug-likeness (QED) is 0.739. The number of hydrogen-bond donors (Lipinski definition) is 0. The number of anilines is 1. The van der Waals surface area contributed by atoms with Crippen molar-refractivity contribution in [3.8, 4) is 0 Å². The van der Waals surface area contributed by atoms with Crippen LogP contribution in [0.15, 0.2) is 24.3 Å². The van der Waals surface area contributed by atoms with Gasteiger partial charge < -0.3 is 4.90 Å². The summed E-state index contributed by atoms with van der Waals surface area (Å²) >= 11 is 0. The first-order valence-electron chi connectivity index (χ1n) is 6.55. The first kappa shape index (κ1) is 12.2. The van der Waals surface area contributed by atoms with Crippen LogP contribution >= 0.6 is 0 Å². The van der Waals surface area contributed by atoms with E-state index in [9.17, 15) is 4.79 Å². The second-order valence-corrected chi connectivity index (χ2v) is 5.27. The molecule has 1 saturated heterocycles. The zero-order valence-electron chi connectivity index (χ0n) is 10.8. The van der Waals surface area contributed by atoms with Crippen molar-refractivity contribution < 1.29 is 4.79 Å². The van der Waals surface area contributed by atoms with Gasteiger partial charge in [-0.05, 0) is 30.9 Å². The molecule has 0 N–H and O–H groups in total. The number of ketones is 1. The molecule has 0 atom stereocenters. The topological polar surface area (TPSA) is 20.3 Å². The Morgan fingerprint density at radius 3 is 2.65 bits per heavy atom. The second kappa shape index (κ2) is 5.35. The van der Waals surface area contributed by atoms with Gasteiger partial charge >= 0.3 is 0 Å². The largest absolute Gasteiger partial charge is 0.372 e. The molecule has 17 heavy (non-hydrogen) atoms. The van der Waals surface area contributed by atoms with Crippen LogP contribution < -0.4 is 4.90 Å². The van der Waals surface area contributed by atoms with E-state index in [0.29, 0.717) is 12.3 Å². The smallest absolute Gasteiger partial charge is 0.163 e. The predicted octanol–water partition coefficient (Wildman–Crippen LogP) is 3.52. The summed E-state index contributed by atoms with van der Waals surface area (Å²) in [6, 6.07) is 8.10. The van der Waals surface area contributed by atoms with Crippen molar-refractivity contribution >= 4 is 11.5 Å². The van der Waals surface area contributed by atoms with Crippen LogP contribution in [0.5, 0.6) is 0 Å². The highest BCUT2D eigenvalue weighted by atomic mass is 16.1. The van der Waals surface area contributed by atoms with Crippen molar-refractivity contribution in [1.82, 2.24) is 0 Å². The highest BCUT2D eigenvalue weighted by molar-refractivity contribution is 5.97. The van der Waals surface area contributed by atoms with E-state index in [2.05, 4.69) is 30.9 Å². The maximum absolute atomic E-state index is 12.0.